The van der Waals surface area contributed by atoms with Crippen LogP contribution in [0, 0.1) is 0 Å². The molecule has 1 aliphatic heterocycles. The summed E-state index contributed by atoms with van der Waals surface area (Å²) >= 11 is 0. The number of morpholine rings is 1. The van der Waals surface area contributed by atoms with Crippen LogP contribution in [0.15, 0.2) is 0 Å². The molecule has 1 unspecified atom stereocenters. The van der Waals surface area contributed by atoms with Crippen LogP contribution in [0.25, 0.3) is 0 Å². The highest BCUT2D eigenvalue weighted by molar-refractivity contribution is 5.74. The van der Waals surface area contributed by atoms with Crippen molar-refractivity contribution in [1.29, 1.82) is 0 Å². The molecule has 1 rings (SSSR count). The quantitative estimate of drug-likeness (QED) is 0.666. The Balaban J connectivity index is 2.25. The monoisotopic (exact) mass is 202 g/mol. The Hall–Kier alpha value is -0.810. The minimum atomic E-state index is -0.0609. The second-order valence-electron chi connectivity index (χ2n) is 3.46. The lowest BCUT2D eigenvalue weighted by Gasteiger charge is -2.28. The van der Waals surface area contributed by atoms with Gasteiger partial charge in [0.05, 0.1) is 13.2 Å². The first-order valence-corrected chi connectivity index (χ1v) is 4.98. The van der Waals surface area contributed by atoms with Crippen LogP contribution < -0.4 is 5.32 Å². The Morgan fingerprint density at radius 2 is 2.21 bits per heavy atom. The van der Waals surface area contributed by atoms with E-state index in [1.165, 1.54) is 0 Å². The molecule has 1 aliphatic rings. The molecule has 1 saturated heterocycles. The van der Waals surface area contributed by atoms with Gasteiger partial charge in [-0.3, -0.25) is 0 Å². The van der Waals surface area contributed by atoms with E-state index < -0.39 is 0 Å². The SMILES string of the molecule is CC(CCO)NC(=O)N1CCOCC1. The first-order valence-electron chi connectivity index (χ1n) is 4.98. The molecule has 2 N–H and O–H groups in total. The summed E-state index contributed by atoms with van der Waals surface area (Å²) in [6.07, 6.45) is 0.593. The van der Waals surface area contributed by atoms with Gasteiger partial charge >= 0.3 is 6.03 Å². The van der Waals surface area contributed by atoms with Crippen molar-refractivity contribution in [2.45, 2.75) is 19.4 Å². The van der Waals surface area contributed by atoms with Crippen LogP contribution in [0.3, 0.4) is 0 Å². The van der Waals surface area contributed by atoms with Gasteiger partial charge in [0.25, 0.3) is 0 Å². The van der Waals surface area contributed by atoms with Gasteiger partial charge in [0.1, 0.15) is 0 Å². The van der Waals surface area contributed by atoms with Gasteiger partial charge < -0.3 is 20.1 Å². The minimum Gasteiger partial charge on any atom is -0.396 e. The average molecular weight is 202 g/mol. The molecule has 1 fully saturated rings. The topological polar surface area (TPSA) is 61.8 Å². The molecule has 14 heavy (non-hydrogen) atoms. The van der Waals surface area contributed by atoms with Crippen LogP contribution in [0.2, 0.25) is 0 Å². The number of aliphatic hydroxyl groups is 1. The molecule has 1 heterocycles. The molecule has 0 aromatic rings. The fraction of sp³-hybridized carbons (Fsp3) is 0.889. The van der Waals surface area contributed by atoms with Gasteiger partial charge in [0, 0.05) is 25.7 Å². The van der Waals surface area contributed by atoms with Gasteiger partial charge in [-0.2, -0.15) is 0 Å². The van der Waals surface area contributed by atoms with Crippen molar-refractivity contribution in [3.05, 3.63) is 0 Å². The number of aliphatic hydroxyl groups excluding tert-OH is 1. The van der Waals surface area contributed by atoms with E-state index in [0.717, 1.165) is 0 Å². The highest BCUT2D eigenvalue weighted by Crippen LogP contribution is 1.98. The Kier molecular flexibility index (Phi) is 4.69. The molecule has 5 nitrogen and oxygen atoms in total. The third-order valence-electron chi connectivity index (χ3n) is 2.23. The number of rotatable bonds is 3. The number of carbonyl (C=O) groups excluding carboxylic acids is 1. The molecular formula is C9H18N2O3. The first kappa shape index (κ1) is 11.3. The summed E-state index contributed by atoms with van der Waals surface area (Å²) in [6.45, 7) is 4.51. The maximum atomic E-state index is 11.6. The van der Waals surface area contributed by atoms with Crippen molar-refractivity contribution in [3.63, 3.8) is 0 Å². The Labute approximate surface area is 84.0 Å². The number of urea groups is 1. The van der Waals surface area contributed by atoms with E-state index in [9.17, 15) is 4.79 Å². The van der Waals surface area contributed by atoms with E-state index in [2.05, 4.69) is 5.32 Å². The predicted octanol–water partition coefficient (Wildman–Crippen LogP) is -0.201. The molecule has 2 amide bonds. The smallest absolute Gasteiger partial charge is 0.317 e. The average Bonchev–Trinajstić information content (AvgIpc) is 2.19. The van der Waals surface area contributed by atoms with Crippen molar-refractivity contribution >= 4 is 6.03 Å². The second kappa shape index (κ2) is 5.82. The standard InChI is InChI=1S/C9H18N2O3/c1-8(2-5-12)10-9(13)11-3-6-14-7-4-11/h8,12H,2-7H2,1H3,(H,10,13). The zero-order chi connectivity index (χ0) is 10.4. The van der Waals surface area contributed by atoms with Crippen LogP contribution >= 0.6 is 0 Å². The summed E-state index contributed by atoms with van der Waals surface area (Å²) in [5.74, 6) is 0. The number of hydrogen-bond acceptors (Lipinski definition) is 3. The molecule has 0 aromatic heterocycles. The van der Waals surface area contributed by atoms with Crippen LogP contribution in [0.1, 0.15) is 13.3 Å². The highest BCUT2D eigenvalue weighted by Gasteiger charge is 2.17. The Bertz CT molecular complexity index is 181. The van der Waals surface area contributed by atoms with Crippen LogP contribution in [0.4, 0.5) is 4.79 Å². The lowest BCUT2D eigenvalue weighted by Crippen LogP contribution is -2.48. The molecule has 0 saturated carbocycles. The highest BCUT2D eigenvalue weighted by atomic mass is 16.5. The summed E-state index contributed by atoms with van der Waals surface area (Å²) < 4.78 is 5.14. The van der Waals surface area contributed by atoms with E-state index in [0.29, 0.717) is 32.7 Å². The third-order valence-corrected chi connectivity index (χ3v) is 2.23. The van der Waals surface area contributed by atoms with Crippen molar-refractivity contribution in [3.8, 4) is 0 Å². The number of carbonyl (C=O) groups is 1. The number of ether oxygens (including phenoxy) is 1. The van der Waals surface area contributed by atoms with Gasteiger partial charge in [-0.05, 0) is 13.3 Å². The fourth-order valence-electron chi connectivity index (χ4n) is 1.33. The molecule has 82 valence electrons. The molecular weight excluding hydrogens is 184 g/mol. The maximum Gasteiger partial charge on any atom is 0.317 e. The molecule has 5 heteroatoms. The first-order chi connectivity index (χ1) is 6.74. The van der Waals surface area contributed by atoms with E-state index >= 15 is 0 Å². The molecule has 1 atom stereocenters. The van der Waals surface area contributed by atoms with Crippen molar-refractivity contribution in [2.24, 2.45) is 0 Å². The van der Waals surface area contributed by atoms with Crippen LogP contribution in [-0.4, -0.2) is 55.0 Å². The van der Waals surface area contributed by atoms with Gasteiger partial charge in [0.2, 0.25) is 0 Å². The number of nitrogens with zero attached hydrogens (tertiary/aromatic N) is 1. The van der Waals surface area contributed by atoms with E-state index in [-0.39, 0.29) is 18.7 Å². The van der Waals surface area contributed by atoms with E-state index in [4.69, 9.17) is 9.84 Å². The number of amides is 2. The van der Waals surface area contributed by atoms with E-state index in [1.54, 1.807) is 4.90 Å². The zero-order valence-corrected chi connectivity index (χ0v) is 8.53. The summed E-state index contributed by atoms with van der Waals surface area (Å²) in [6, 6.07) is -0.0374. The normalized spacial score (nSPS) is 19.1. The van der Waals surface area contributed by atoms with Gasteiger partial charge in [-0.1, -0.05) is 0 Å². The van der Waals surface area contributed by atoms with Gasteiger partial charge in [-0.15, -0.1) is 0 Å². The summed E-state index contributed by atoms with van der Waals surface area (Å²) in [5.41, 5.74) is 0. The lowest BCUT2D eigenvalue weighted by atomic mass is 10.2. The zero-order valence-electron chi connectivity index (χ0n) is 8.53. The van der Waals surface area contributed by atoms with Crippen molar-refractivity contribution < 1.29 is 14.6 Å². The number of hydrogen-bond donors (Lipinski definition) is 2. The second-order valence-corrected chi connectivity index (χ2v) is 3.46. The Morgan fingerprint density at radius 3 is 2.79 bits per heavy atom. The summed E-state index contributed by atoms with van der Waals surface area (Å²) in [7, 11) is 0. The van der Waals surface area contributed by atoms with Crippen molar-refractivity contribution in [1.82, 2.24) is 10.2 Å². The minimum absolute atomic E-state index is 0.0235. The summed E-state index contributed by atoms with van der Waals surface area (Å²) in [5, 5.41) is 11.5. The van der Waals surface area contributed by atoms with Crippen LogP contribution in [-0.2, 0) is 4.74 Å². The largest absolute Gasteiger partial charge is 0.396 e. The Morgan fingerprint density at radius 1 is 1.57 bits per heavy atom. The lowest BCUT2D eigenvalue weighted by molar-refractivity contribution is 0.0524. The van der Waals surface area contributed by atoms with Crippen LogP contribution in [0.5, 0.6) is 0 Å². The fourth-order valence-corrected chi connectivity index (χ4v) is 1.33. The van der Waals surface area contributed by atoms with Gasteiger partial charge in [0.15, 0.2) is 0 Å². The maximum absolute atomic E-state index is 11.6. The molecule has 0 bridgehead atoms. The third kappa shape index (κ3) is 3.51. The molecule has 0 spiro atoms. The summed E-state index contributed by atoms with van der Waals surface area (Å²) in [4.78, 5) is 13.3. The van der Waals surface area contributed by atoms with Gasteiger partial charge in [-0.25, -0.2) is 4.79 Å². The predicted molar refractivity (Wildman–Crippen MR) is 52.1 cm³/mol. The molecule has 0 aliphatic carbocycles. The molecule has 0 aromatic carbocycles. The van der Waals surface area contributed by atoms with E-state index in [1.807, 2.05) is 6.92 Å². The molecule has 0 radical (unpaired) electrons. The van der Waals surface area contributed by atoms with Crippen molar-refractivity contribution in [2.75, 3.05) is 32.9 Å². The number of nitrogens with one attached hydrogen (secondary N) is 1.